The first kappa shape index (κ1) is 12.4. The third-order valence-corrected chi connectivity index (χ3v) is 3.64. The van der Waals surface area contributed by atoms with E-state index in [2.05, 4.69) is 23.7 Å². The lowest BCUT2D eigenvalue weighted by molar-refractivity contribution is -0.0582. The number of para-hydroxylation sites is 1. The molecule has 1 aromatic carbocycles. The Morgan fingerprint density at radius 3 is 3.00 bits per heavy atom. The number of fused-ring (bicyclic) bond motifs is 1. The normalized spacial score (nSPS) is 19.9. The van der Waals surface area contributed by atoms with Crippen molar-refractivity contribution in [2.75, 3.05) is 25.5 Å². The summed E-state index contributed by atoms with van der Waals surface area (Å²) >= 11 is 0. The van der Waals surface area contributed by atoms with E-state index in [0.717, 1.165) is 30.9 Å². The maximum atomic E-state index is 5.90. The third-order valence-electron chi connectivity index (χ3n) is 3.64. The molecule has 0 atom stereocenters. The highest BCUT2D eigenvalue weighted by Crippen LogP contribution is 2.25. The number of nitrogens with zero attached hydrogens (tertiary/aromatic N) is 2. The number of anilines is 1. The molecule has 0 spiro atoms. The molecule has 2 heterocycles. The molecule has 1 aliphatic heterocycles. The molecule has 19 heavy (non-hydrogen) atoms. The summed E-state index contributed by atoms with van der Waals surface area (Å²) in [4.78, 5) is 6.83. The van der Waals surface area contributed by atoms with Gasteiger partial charge in [0.05, 0.1) is 25.4 Å². The predicted octanol–water partition coefficient (Wildman–Crippen LogP) is 2.02. The van der Waals surface area contributed by atoms with E-state index in [1.54, 1.807) is 0 Å². The average Bonchev–Trinajstić information content (AvgIpc) is 2.76. The molecule has 5 nitrogen and oxygen atoms in total. The Balaban J connectivity index is 1.87. The number of hydrogen-bond donors (Lipinski definition) is 1. The minimum atomic E-state index is 0.00441. The fourth-order valence-corrected chi connectivity index (χ4v) is 2.43. The number of ether oxygens (including phenoxy) is 1. The summed E-state index contributed by atoms with van der Waals surface area (Å²) in [6.07, 6.45) is 0. The summed E-state index contributed by atoms with van der Waals surface area (Å²) in [6.45, 7) is 7.40. The second-order valence-electron chi connectivity index (χ2n) is 5.59. The molecule has 0 unspecified atom stereocenters. The van der Waals surface area contributed by atoms with Crippen molar-refractivity contribution in [1.82, 2.24) is 9.88 Å². The minimum absolute atomic E-state index is 0.00441. The largest absolute Gasteiger partial charge is 0.439 e. The van der Waals surface area contributed by atoms with Crippen LogP contribution in [-0.2, 0) is 11.3 Å². The van der Waals surface area contributed by atoms with Gasteiger partial charge in [-0.1, -0.05) is 6.07 Å². The van der Waals surface area contributed by atoms with Crippen molar-refractivity contribution in [3.8, 4) is 0 Å². The molecule has 1 saturated heterocycles. The fourth-order valence-electron chi connectivity index (χ4n) is 2.43. The summed E-state index contributed by atoms with van der Waals surface area (Å²) in [7, 11) is 0. The van der Waals surface area contributed by atoms with E-state index in [1.807, 2.05) is 18.2 Å². The van der Waals surface area contributed by atoms with E-state index in [-0.39, 0.29) is 5.54 Å². The smallest absolute Gasteiger partial charge is 0.209 e. The van der Waals surface area contributed by atoms with Gasteiger partial charge in [0.1, 0.15) is 5.52 Å². The Morgan fingerprint density at radius 1 is 1.42 bits per heavy atom. The number of benzene rings is 1. The zero-order valence-electron chi connectivity index (χ0n) is 11.3. The van der Waals surface area contributed by atoms with E-state index in [0.29, 0.717) is 18.1 Å². The first-order valence-electron chi connectivity index (χ1n) is 6.53. The van der Waals surface area contributed by atoms with Crippen LogP contribution in [-0.4, -0.2) is 35.2 Å². The molecule has 1 aromatic heterocycles. The maximum Gasteiger partial charge on any atom is 0.209 e. The van der Waals surface area contributed by atoms with Crippen molar-refractivity contribution in [3.63, 3.8) is 0 Å². The van der Waals surface area contributed by atoms with Gasteiger partial charge in [0, 0.05) is 12.1 Å². The predicted molar refractivity (Wildman–Crippen MR) is 73.7 cm³/mol. The lowest BCUT2D eigenvalue weighted by atomic mass is 10.0. The van der Waals surface area contributed by atoms with Crippen LogP contribution in [0, 0.1) is 0 Å². The van der Waals surface area contributed by atoms with Gasteiger partial charge in [-0.25, -0.2) is 4.98 Å². The highest BCUT2D eigenvalue weighted by atomic mass is 16.5. The molecule has 3 rings (SSSR count). The minimum Gasteiger partial charge on any atom is -0.439 e. The van der Waals surface area contributed by atoms with Gasteiger partial charge in [-0.3, -0.25) is 4.90 Å². The first-order chi connectivity index (χ1) is 9.06. The van der Waals surface area contributed by atoms with Crippen LogP contribution in [0.2, 0.25) is 0 Å². The molecule has 102 valence electrons. The molecule has 0 aliphatic carbocycles. The van der Waals surface area contributed by atoms with Crippen molar-refractivity contribution in [3.05, 3.63) is 24.1 Å². The van der Waals surface area contributed by atoms with Crippen LogP contribution in [0.1, 0.15) is 19.7 Å². The second-order valence-corrected chi connectivity index (χ2v) is 5.59. The number of hydrogen-bond acceptors (Lipinski definition) is 5. The fraction of sp³-hybridized carbons (Fsp3) is 0.500. The zero-order valence-corrected chi connectivity index (χ0v) is 11.3. The van der Waals surface area contributed by atoms with Crippen LogP contribution in [0.3, 0.4) is 0 Å². The molecule has 0 amide bonds. The van der Waals surface area contributed by atoms with E-state index < -0.39 is 0 Å². The molecule has 0 radical (unpaired) electrons. The third kappa shape index (κ3) is 2.31. The molecule has 1 fully saturated rings. The van der Waals surface area contributed by atoms with Gasteiger partial charge in [-0.15, -0.1) is 0 Å². The van der Waals surface area contributed by atoms with Crippen molar-refractivity contribution in [2.24, 2.45) is 0 Å². The Labute approximate surface area is 112 Å². The second kappa shape index (κ2) is 4.51. The van der Waals surface area contributed by atoms with Crippen LogP contribution in [0.25, 0.3) is 11.1 Å². The van der Waals surface area contributed by atoms with Gasteiger partial charge in [-0.05, 0) is 26.0 Å². The summed E-state index contributed by atoms with van der Waals surface area (Å²) in [5.74, 6) is 0.711. The molecule has 0 saturated carbocycles. The van der Waals surface area contributed by atoms with Gasteiger partial charge < -0.3 is 14.9 Å². The summed E-state index contributed by atoms with van der Waals surface area (Å²) in [5, 5.41) is 0. The standard InChI is InChI=1S/C14H19N3O2/c1-14(2)9-18-7-6-17(14)8-12-16-13-10(15)4-3-5-11(13)19-12/h3-5H,6-9,15H2,1-2H3. The Kier molecular flexibility index (Phi) is 2.95. The quantitative estimate of drug-likeness (QED) is 0.838. The van der Waals surface area contributed by atoms with Crippen molar-refractivity contribution in [2.45, 2.75) is 25.9 Å². The SMILES string of the molecule is CC1(C)COCCN1Cc1nc2c(N)cccc2o1. The number of nitrogens with two attached hydrogens (primary N) is 1. The van der Waals surface area contributed by atoms with Crippen molar-refractivity contribution in [1.29, 1.82) is 0 Å². The monoisotopic (exact) mass is 261 g/mol. The van der Waals surface area contributed by atoms with Crippen molar-refractivity contribution < 1.29 is 9.15 Å². The van der Waals surface area contributed by atoms with Gasteiger partial charge in [0.15, 0.2) is 5.58 Å². The Bertz CT molecular complexity index is 591. The average molecular weight is 261 g/mol. The van der Waals surface area contributed by atoms with Crippen LogP contribution >= 0.6 is 0 Å². The zero-order chi connectivity index (χ0) is 13.5. The highest BCUT2D eigenvalue weighted by molar-refractivity contribution is 5.85. The van der Waals surface area contributed by atoms with E-state index >= 15 is 0 Å². The maximum absolute atomic E-state index is 5.90. The van der Waals surface area contributed by atoms with Gasteiger partial charge in [-0.2, -0.15) is 0 Å². The van der Waals surface area contributed by atoms with E-state index in [9.17, 15) is 0 Å². The van der Waals surface area contributed by atoms with Crippen LogP contribution < -0.4 is 5.73 Å². The lowest BCUT2D eigenvalue weighted by Crippen LogP contribution is -2.52. The summed E-state index contributed by atoms with van der Waals surface area (Å²) in [5.41, 5.74) is 8.07. The Hall–Kier alpha value is -1.59. The molecular formula is C14H19N3O2. The molecule has 5 heteroatoms. The number of nitrogen functional groups attached to an aromatic ring is 1. The van der Waals surface area contributed by atoms with Gasteiger partial charge in [0.25, 0.3) is 0 Å². The highest BCUT2D eigenvalue weighted by Gasteiger charge is 2.31. The molecular weight excluding hydrogens is 242 g/mol. The molecule has 2 aromatic rings. The molecule has 0 bridgehead atoms. The van der Waals surface area contributed by atoms with Gasteiger partial charge in [0.2, 0.25) is 5.89 Å². The van der Waals surface area contributed by atoms with Crippen LogP contribution in [0.5, 0.6) is 0 Å². The van der Waals surface area contributed by atoms with E-state index in [1.165, 1.54) is 0 Å². The van der Waals surface area contributed by atoms with Crippen molar-refractivity contribution >= 4 is 16.8 Å². The van der Waals surface area contributed by atoms with E-state index in [4.69, 9.17) is 14.9 Å². The Morgan fingerprint density at radius 2 is 2.26 bits per heavy atom. The number of rotatable bonds is 2. The van der Waals surface area contributed by atoms with Crippen LogP contribution in [0.4, 0.5) is 5.69 Å². The molecule has 2 N–H and O–H groups in total. The number of oxazole rings is 1. The van der Waals surface area contributed by atoms with Crippen LogP contribution in [0.15, 0.2) is 22.6 Å². The topological polar surface area (TPSA) is 64.5 Å². The number of aromatic nitrogens is 1. The summed E-state index contributed by atoms with van der Waals surface area (Å²) in [6, 6.07) is 5.62. The lowest BCUT2D eigenvalue weighted by Gasteiger charge is -2.41. The number of morpholine rings is 1. The summed E-state index contributed by atoms with van der Waals surface area (Å²) < 4.78 is 11.3. The van der Waals surface area contributed by atoms with Gasteiger partial charge >= 0.3 is 0 Å². The molecule has 1 aliphatic rings. The first-order valence-corrected chi connectivity index (χ1v) is 6.53.